The van der Waals surface area contributed by atoms with Crippen molar-refractivity contribution in [2.24, 2.45) is 5.92 Å². The van der Waals surface area contributed by atoms with Crippen molar-refractivity contribution in [3.63, 3.8) is 0 Å². The highest BCUT2D eigenvalue weighted by atomic mass is 16.5. The molecule has 4 heteroatoms. The molecular weight excluding hydrogens is 218 g/mol. The van der Waals surface area contributed by atoms with Crippen molar-refractivity contribution in [2.45, 2.75) is 19.5 Å². The molecule has 4 nitrogen and oxygen atoms in total. The van der Waals surface area contributed by atoms with Gasteiger partial charge in [-0.3, -0.25) is 4.79 Å². The predicted molar refractivity (Wildman–Crippen MR) is 65.3 cm³/mol. The maximum atomic E-state index is 11.4. The Balaban J connectivity index is 2.48. The molecule has 0 aliphatic rings. The van der Waals surface area contributed by atoms with Gasteiger partial charge in [0.2, 0.25) is 0 Å². The van der Waals surface area contributed by atoms with E-state index in [4.69, 9.17) is 5.11 Å². The van der Waals surface area contributed by atoms with Crippen LogP contribution in [0.2, 0.25) is 0 Å². The number of methoxy groups -OCH3 is 1. The van der Waals surface area contributed by atoms with Crippen LogP contribution in [-0.4, -0.2) is 30.8 Å². The largest absolute Gasteiger partial charge is 0.469 e. The number of hydrogen-bond donors (Lipinski definition) is 2. The molecule has 17 heavy (non-hydrogen) atoms. The van der Waals surface area contributed by atoms with Gasteiger partial charge in [-0.1, -0.05) is 30.3 Å². The van der Waals surface area contributed by atoms with Crippen LogP contribution >= 0.6 is 0 Å². The van der Waals surface area contributed by atoms with Gasteiger partial charge in [0, 0.05) is 12.6 Å². The standard InChI is InChI=1S/C13H19NO3/c1-10(12(9-15)13(16)17-2)14-8-11-6-4-3-5-7-11/h3-7,10,12,14-15H,8-9H2,1-2H3/t10?,12-/m0/s1. The zero-order valence-corrected chi connectivity index (χ0v) is 10.2. The van der Waals surface area contributed by atoms with Crippen molar-refractivity contribution >= 4 is 5.97 Å². The fourth-order valence-corrected chi connectivity index (χ4v) is 1.61. The zero-order valence-electron chi connectivity index (χ0n) is 10.2. The van der Waals surface area contributed by atoms with Crippen LogP contribution in [0.15, 0.2) is 30.3 Å². The maximum absolute atomic E-state index is 11.4. The minimum Gasteiger partial charge on any atom is -0.469 e. The fraction of sp³-hybridized carbons (Fsp3) is 0.462. The van der Waals surface area contributed by atoms with Crippen LogP contribution in [0.25, 0.3) is 0 Å². The minimum absolute atomic E-state index is 0.132. The molecule has 0 saturated carbocycles. The third-order valence-corrected chi connectivity index (χ3v) is 2.78. The molecular formula is C13H19NO3. The van der Waals surface area contributed by atoms with Crippen LogP contribution in [0.3, 0.4) is 0 Å². The van der Waals surface area contributed by atoms with Crippen molar-refractivity contribution in [1.29, 1.82) is 0 Å². The summed E-state index contributed by atoms with van der Waals surface area (Å²) in [5, 5.41) is 12.4. The predicted octanol–water partition coefficient (Wildman–Crippen LogP) is 0.946. The van der Waals surface area contributed by atoms with Crippen molar-refractivity contribution in [2.75, 3.05) is 13.7 Å². The summed E-state index contributed by atoms with van der Waals surface area (Å²) in [5.41, 5.74) is 1.14. The molecule has 0 amide bonds. The molecule has 2 N–H and O–H groups in total. The first-order valence-electron chi connectivity index (χ1n) is 5.65. The number of rotatable bonds is 6. The number of carbonyl (C=O) groups excluding carboxylic acids is 1. The summed E-state index contributed by atoms with van der Waals surface area (Å²) in [6, 6.07) is 9.76. The third-order valence-electron chi connectivity index (χ3n) is 2.78. The minimum atomic E-state index is -0.524. The molecule has 0 fully saturated rings. The van der Waals surface area contributed by atoms with Crippen LogP contribution in [0.4, 0.5) is 0 Å². The van der Waals surface area contributed by atoms with Crippen LogP contribution in [0.5, 0.6) is 0 Å². The van der Waals surface area contributed by atoms with Crippen LogP contribution in [0, 0.1) is 5.92 Å². The Morgan fingerprint density at radius 1 is 1.41 bits per heavy atom. The molecule has 0 aromatic heterocycles. The second kappa shape index (κ2) is 7.04. The highest BCUT2D eigenvalue weighted by molar-refractivity contribution is 5.73. The van der Waals surface area contributed by atoms with Crippen molar-refractivity contribution < 1.29 is 14.6 Å². The normalized spacial score (nSPS) is 14.1. The van der Waals surface area contributed by atoms with E-state index in [-0.39, 0.29) is 18.6 Å². The maximum Gasteiger partial charge on any atom is 0.312 e. The Bertz CT molecular complexity index is 340. The summed E-state index contributed by atoms with van der Waals surface area (Å²) < 4.78 is 4.64. The lowest BCUT2D eigenvalue weighted by Gasteiger charge is -2.21. The second-order valence-corrected chi connectivity index (χ2v) is 3.97. The molecule has 0 bridgehead atoms. The third kappa shape index (κ3) is 4.17. The van der Waals surface area contributed by atoms with Crippen molar-refractivity contribution in [1.82, 2.24) is 5.32 Å². The number of hydrogen-bond acceptors (Lipinski definition) is 4. The summed E-state index contributed by atoms with van der Waals surface area (Å²) in [6.07, 6.45) is 0. The molecule has 1 aromatic carbocycles. The summed E-state index contributed by atoms with van der Waals surface area (Å²) in [7, 11) is 1.33. The Labute approximate surface area is 102 Å². The highest BCUT2D eigenvalue weighted by Crippen LogP contribution is 2.07. The molecule has 0 aliphatic heterocycles. The van der Waals surface area contributed by atoms with E-state index >= 15 is 0 Å². The number of carbonyl (C=O) groups is 1. The van der Waals surface area contributed by atoms with Gasteiger partial charge in [-0.2, -0.15) is 0 Å². The van der Waals surface area contributed by atoms with Crippen molar-refractivity contribution in [3.8, 4) is 0 Å². The lowest BCUT2D eigenvalue weighted by Crippen LogP contribution is -2.40. The van der Waals surface area contributed by atoms with Gasteiger partial charge in [0.1, 0.15) is 0 Å². The number of ether oxygens (including phenoxy) is 1. The molecule has 94 valence electrons. The van der Waals surface area contributed by atoms with Gasteiger partial charge in [-0.25, -0.2) is 0 Å². The van der Waals surface area contributed by atoms with E-state index in [0.29, 0.717) is 6.54 Å². The quantitative estimate of drug-likeness (QED) is 0.723. The molecule has 2 atom stereocenters. The number of nitrogens with one attached hydrogen (secondary N) is 1. The van der Waals surface area contributed by atoms with Gasteiger partial charge in [-0.05, 0) is 12.5 Å². The first-order chi connectivity index (χ1) is 8.19. The van der Waals surface area contributed by atoms with Crippen LogP contribution < -0.4 is 5.32 Å². The Hall–Kier alpha value is -1.39. The lowest BCUT2D eigenvalue weighted by atomic mass is 10.0. The molecule has 0 aliphatic carbocycles. The SMILES string of the molecule is COC(=O)[C@@H](CO)C(C)NCc1ccccc1. The summed E-state index contributed by atoms with van der Waals surface area (Å²) in [5.74, 6) is -0.913. The molecule has 0 spiro atoms. The molecule has 1 rings (SSSR count). The van der Waals surface area contributed by atoms with E-state index in [1.165, 1.54) is 7.11 Å². The van der Waals surface area contributed by atoms with Gasteiger partial charge in [0.25, 0.3) is 0 Å². The topological polar surface area (TPSA) is 58.6 Å². The zero-order chi connectivity index (χ0) is 12.7. The average molecular weight is 237 g/mol. The average Bonchev–Trinajstić information content (AvgIpc) is 2.38. The number of aliphatic hydroxyl groups excluding tert-OH is 1. The van der Waals surface area contributed by atoms with Crippen molar-refractivity contribution in [3.05, 3.63) is 35.9 Å². The van der Waals surface area contributed by atoms with Gasteiger partial charge in [0.15, 0.2) is 0 Å². The molecule has 0 radical (unpaired) electrons. The first-order valence-corrected chi connectivity index (χ1v) is 5.65. The van der Waals surface area contributed by atoms with E-state index in [1.54, 1.807) is 0 Å². The van der Waals surface area contributed by atoms with E-state index in [0.717, 1.165) is 5.56 Å². The lowest BCUT2D eigenvalue weighted by molar-refractivity contribution is -0.147. The van der Waals surface area contributed by atoms with Crippen LogP contribution in [0.1, 0.15) is 12.5 Å². The van der Waals surface area contributed by atoms with Gasteiger partial charge in [0.05, 0.1) is 19.6 Å². The Morgan fingerprint density at radius 2 is 2.06 bits per heavy atom. The second-order valence-electron chi connectivity index (χ2n) is 3.97. The molecule has 1 aromatic rings. The smallest absolute Gasteiger partial charge is 0.312 e. The Kier molecular flexibility index (Phi) is 5.66. The highest BCUT2D eigenvalue weighted by Gasteiger charge is 2.24. The summed E-state index contributed by atoms with van der Waals surface area (Å²) >= 11 is 0. The molecule has 0 saturated heterocycles. The van der Waals surface area contributed by atoms with Gasteiger partial charge >= 0.3 is 5.97 Å². The van der Waals surface area contributed by atoms with Gasteiger partial charge < -0.3 is 15.2 Å². The number of aliphatic hydroxyl groups is 1. The summed E-state index contributed by atoms with van der Waals surface area (Å²) in [6.45, 7) is 2.31. The van der Waals surface area contributed by atoms with Gasteiger partial charge in [-0.15, -0.1) is 0 Å². The fourth-order valence-electron chi connectivity index (χ4n) is 1.61. The van der Waals surface area contributed by atoms with E-state index < -0.39 is 5.92 Å². The van der Waals surface area contributed by atoms with E-state index in [2.05, 4.69) is 10.1 Å². The van der Waals surface area contributed by atoms with E-state index in [1.807, 2.05) is 37.3 Å². The monoisotopic (exact) mass is 237 g/mol. The number of benzene rings is 1. The first kappa shape index (κ1) is 13.7. The number of esters is 1. The summed E-state index contributed by atoms with van der Waals surface area (Å²) in [4.78, 5) is 11.4. The molecule has 1 unspecified atom stereocenters. The van der Waals surface area contributed by atoms with Crippen LogP contribution in [-0.2, 0) is 16.1 Å². The van der Waals surface area contributed by atoms with E-state index in [9.17, 15) is 4.79 Å². The molecule has 0 heterocycles. The Morgan fingerprint density at radius 3 is 2.59 bits per heavy atom.